The summed E-state index contributed by atoms with van der Waals surface area (Å²) in [5, 5.41) is 10.8. The summed E-state index contributed by atoms with van der Waals surface area (Å²) in [4.78, 5) is 16.8. The van der Waals surface area contributed by atoms with Crippen LogP contribution in [0, 0.1) is 0 Å². The zero-order valence-corrected chi connectivity index (χ0v) is 13.7. The van der Waals surface area contributed by atoms with Crippen LogP contribution in [0.3, 0.4) is 0 Å². The highest BCUT2D eigenvalue weighted by Crippen LogP contribution is 2.17. The standard InChI is InChI=1S/C16H20N6O2/c1-12(22-10-18-13-5-3-4-6-14(13)22)16(23)17-9-15-20-19-11-21(15)7-8-24-2/h3-6,10-12H,7-9H2,1-2H3,(H,17,23)/t12-/m0/s1. The molecule has 2 aromatic heterocycles. The Hall–Kier alpha value is -2.74. The fourth-order valence-corrected chi connectivity index (χ4v) is 2.52. The Bertz CT molecular complexity index is 825. The lowest BCUT2D eigenvalue weighted by atomic mass is 10.2. The van der Waals surface area contributed by atoms with Crippen molar-refractivity contribution < 1.29 is 9.53 Å². The third-order valence-electron chi connectivity index (χ3n) is 3.93. The smallest absolute Gasteiger partial charge is 0.243 e. The Morgan fingerprint density at radius 2 is 2.17 bits per heavy atom. The molecule has 8 heteroatoms. The fraction of sp³-hybridized carbons (Fsp3) is 0.375. The maximum absolute atomic E-state index is 12.5. The monoisotopic (exact) mass is 328 g/mol. The van der Waals surface area contributed by atoms with Crippen molar-refractivity contribution in [3.05, 3.63) is 42.7 Å². The number of imidazole rings is 1. The highest BCUT2D eigenvalue weighted by atomic mass is 16.5. The number of para-hydroxylation sites is 2. The van der Waals surface area contributed by atoms with Gasteiger partial charge in [-0.1, -0.05) is 12.1 Å². The van der Waals surface area contributed by atoms with Crippen molar-refractivity contribution in [2.45, 2.75) is 26.1 Å². The van der Waals surface area contributed by atoms with Gasteiger partial charge in [-0.15, -0.1) is 10.2 Å². The predicted molar refractivity (Wildman–Crippen MR) is 88.2 cm³/mol. The Balaban J connectivity index is 1.66. The zero-order chi connectivity index (χ0) is 16.9. The van der Waals surface area contributed by atoms with E-state index in [1.165, 1.54) is 0 Å². The van der Waals surface area contributed by atoms with Gasteiger partial charge >= 0.3 is 0 Å². The third-order valence-corrected chi connectivity index (χ3v) is 3.93. The normalized spacial score (nSPS) is 12.4. The second-order valence-electron chi connectivity index (χ2n) is 5.47. The van der Waals surface area contributed by atoms with E-state index in [1.54, 1.807) is 19.8 Å². The Labute approximate surface area is 139 Å². The van der Waals surface area contributed by atoms with Gasteiger partial charge in [-0.25, -0.2) is 4.98 Å². The minimum atomic E-state index is -0.368. The molecule has 0 unspecified atom stereocenters. The lowest BCUT2D eigenvalue weighted by molar-refractivity contribution is -0.124. The van der Waals surface area contributed by atoms with Crippen LogP contribution < -0.4 is 5.32 Å². The number of benzene rings is 1. The van der Waals surface area contributed by atoms with E-state index in [0.717, 1.165) is 11.0 Å². The fourth-order valence-electron chi connectivity index (χ4n) is 2.52. The summed E-state index contributed by atoms with van der Waals surface area (Å²) in [6.45, 7) is 3.38. The van der Waals surface area contributed by atoms with Crippen molar-refractivity contribution in [1.29, 1.82) is 0 Å². The second-order valence-corrected chi connectivity index (χ2v) is 5.47. The summed E-state index contributed by atoms with van der Waals surface area (Å²) in [5.41, 5.74) is 1.81. The van der Waals surface area contributed by atoms with Crippen molar-refractivity contribution in [3.8, 4) is 0 Å². The number of methoxy groups -OCH3 is 1. The molecular weight excluding hydrogens is 308 g/mol. The highest BCUT2D eigenvalue weighted by Gasteiger charge is 2.17. The third kappa shape index (κ3) is 3.28. The predicted octanol–water partition coefficient (Wildman–Crippen LogP) is 1.15. The number of aromatic nitrogens is 5. The molecule has 3 aromatic rings. The number of hydrogen-bond donors (Lipinski definition) is 1. The molecule has 0 saturated heterocycles. The molecule has 0 radical (unpaired) electrons. The minimum absolute atomic E-state index is 0.0977. The Morgan fingerprint density at radius 3 is 3.00 bits per heavy atom. The van der Waals surface area contributed by atoms with Crippen LogP contribution in [-0.2, 0) is 22.6 Å². The number of nitrogens with one attached hydrogen (secondary N) is 1. The van der Waals surface area contributed by atoms with Crippen molar-refractivity contribution >= 4 is 16.9 Å². The van der Waals surface area contributed by atoms with Crippen molar-refractivity contribution in [1.82, 2.24) is 29.6 Å². The number of ether oxygens (including phenoxy) is 1. The van der Waals surface area contributed by atoms with Crippen LogP contribution in [0.2, 0.25) is 0 Å². The average molecular weight is 328 g/mol. The molecule has 24 heavy (non-hydrogen) atoms. The topological polar surface area (TPSA) is 86.9 Å². The summed E-state index contributed by atoms with van der Waals surface area (Å²) in [7, 11) is 1.64. The molecule has 3 rings (SSSR count). The number of nitrogens with zero attached hydrogens (tertiary/aromatic N) is 5. The molecule has 126 valence electrons. The zero-order valence-electron chi connectivity index (χ0n) is 13.7. The number of rotatable bonds is 7. The molecule has 1 amide bonds. The van der Waals surface area contributed by atoms with Crippen molar-refractivity contribution in [2.24, 2.45) is 0 Å². The van der Waals surface area contributed by atoms with Gasteiger partial charge in [0.25, 0.3) is 0 Å². The van der Waals surface area contributed by atoms with Crippen LogP contribution in [-0.4, -0.2) is 43.9 Å². The van der Waals surface area contributed by atoms with E-state index in [-0.39, 0.29) is 11.9 Å². The molecular formula is C16H20N6O2. The molecule has 2 heterocycles. The van der Waals surface area contributed by atoms with Crippen molar-refractivity contribution in [2.75, 3.05) is 13.7 Å². The van der Waals surface area contributed by atoms with Gasteiger partial charge in [-0.05, 0) is 19.1 Å². The van der Waals surface area contributed by atoms with Gasteiger partial charge in [-0.2, -0.15) is 0 Å². The van der Waals surface area contributed by atoms with Gasteiger partial charge in [0, 0.05) is 13.7 Å². The maximum atomic E-state index is 12.5. The molecule has 0 spiro atoms. The summed E-state index contributed by atoms with van der Waals surface area (Å²) < 4.78 is 8.77. The maximum Gasteiger partial charge on any atom is 0.243 e. The molecule has 0 aliphatic rings. The first-order chi connectivity index (χ1) is 11.7. The molecule has 0 bridgehead atoms. The lowest BCUT2D eigenvalue weighted by Crippen LogP contribution is -2.31. The van der Waals surface area contributed by atoms with E-state index < -0.39 is 0 Å². The lowest BCUT2D eigenvalue weighted by Gasteiger charge is -2.14. The molecule has 1 aromatic carbocycles. The van der Waals surface area contributed by atoms with E-state index in [4.69, 9.17) is 4.74 Å². The summed E-state index contributed by atoms with van der Waals surface area (Å²) in [5.74, 6) is 0.600. The molecule has 8 nitrogen and oxygen atoms in total. The highest BCUT2D eigenvalue weighted by molar-refractivity contribution is 5.83. The molecule has 1 atom stereocenters. The van der Waals surface area contributed by atoms with E-state index >= 15 is 0 Å². The van der Waals surface area contributed by atoms with Crippen LogP contribution in [0.1, 0.15) is 18.8 Å². The first-order valence-electron chi connectivity index (χ1n) is 7.75. The van der Waals surface area contributed by atoms with Crippen LogP contribution >= 0.6 is 0 Å². The number of fused-ring (bicyclic) bond motifs is 1. The number of carbonyl (C=O) groups is 1. The first-order valence-corrected chi connectivity index (χ1v) is 7.75. The summed E-state index contributed by atoms with van der Waals surface area (Å²) in [6, 6.07) is 7.37. The van der Waals surface area contributed by atoms with Gasteiger partial charge in [0.15, 0.2) is 5.82 Å². The minimum Gasteiger partial charge on any atom is -0.383 e. The Morgan fingerprint density at radius 1 is 1.33 bits per heavy atom. The van der Waals surface area contributed by atoms with Crippen LogP contribution in [0.15, 0.2) is 36.9 Å². The number of hydrogen-bond acceptors (Lipinski definition) is 5. The van der Waals surface area contributed by atoms with Crippen molar-refractivity contribution in [3.63, 3.8) is 0 Å². The molecule has 0 aliphatic carbocycles. The van der Waals surface area contributed by atoms with E-state index in [1.807, 2.05) is 40.3 Å². The largest absolute Gasteiger partial charge is 0.383 e. The van der Waals surface area contributed by atoms with Gasteiger partial charge in [0.1, 0.15) is 12.4 Å². The second kappa shape index (κ2) is 7.22. The Kier molecular flexibility index (Phi) is 4.85. The molecule has 0 fully saturated rings. The first kappa shape index (κ1) is 16.1. The number of amides is 1. The number of carbonyl (C=O) groups excluding carboxylic acids is 1. The van der Waals surface area contributed by atoms with Crippen LogP contribution in [0.4, 0.5) is 0 Å². The van der Waals surface area contributed by atoms with Gasteiger partial charge < -0.3 is 19.2 Å². The molecule has 0 aliphatic heterocycles. The summed E-state index contributed by atoms with van der Waals surface area (Å²) >= 11 is 0. The van der Waals surface area contributed by atoms with Crippen LogP contribution in [0.5, 0.6) is 0 Å². The van der Waals surface area contributed by atoms with Gasteiger partial charge in [0.05, 0.1) is 30.5 Å². The average Bonchev–Trinajstić information content (AvgIpc) is 3.23. The van der Waals surface area contributed by atoms with Gasteiger partial charge in [-0.3, -0.25) is 4.79 Å². The summed E-state index contributed by atoms with van der Waals surface area (Å²) in [6.07, 6.45) is 3.32. The molecule has 1 N–H and O–H groups in total. The van der Waals surface area contributed by atoms with Gasteiger partial charge in [0.2, 0.25) is 5.91 Å². The van der Waals surface area contributed by atoms with Crippen LogP contribution in [0.25, 0.3) is 11.0 Å². The van der Waals surface area contributed by atoms with E-state index in [9.17, 15) is 4.79 Å². The SMILES string of the molecule is COCCn1cnnc1CNC(=O)[C@H](C)n1cnc2ccccc21. The van der Waals surface area contributed by atoms with E-state index in [0.29, 0.717) is 25.5 Å². The quantitative estimate of drug-likeness (QED) is 0.703. The molecule has 0 saturated carbocycles. The van der Waals surface area contributed by atoms with E-state index in [2.05, 4.69) is 20.5 Å².